The number of aromatic nitrogens is 3. The molecule has 0 amide bonds. The average molecular weight is 698 g/mol. The lowest BCUT2D eigenvalue weighted by Gasteiger charge is -2.25. The molecule has 11 rings (SSSR count). The Hall–Kier alpha value is -6.10. The van der Waals surface area contributed by atoms with Crippen molar-refractivity contribution in [1.29, 1.82) is 0 Å². The van der Waals surface area contributed by atoms with Gasteiger partial charge in [0.15, 0.2) is 5.82 Å². The Bertz CT molecular complexity index is 3200. The maximum atomic E-state index is 5.65. The van der Waals surface area contributed by atoms with Gasteiger partial charge in [-0.3, -0.25) is 4.57 Å². The molecule has 3 aromatic heterocycles. The number of aryl methyl sites for hydroxylation is 2. The van der Waals surface area contributed by atoms with Crippen molar-refractivity contribution in [3.8, 4) is 28.2 Å². The van der Waals surface area contributed by atoms with E-state index in [0.29, 0.717) is 5.92 Å². The van der Waals surface area contributed by atoms with Crippen LogP contribution < -0.4 is 0 Å². The number of hydrogen-bond donors (Lipinski definition) is 0. The van der Waals surface area contributed by atoms with Crippen molar-refractivity contribution in [3.05, 3.63) is 156 Å². The van der Waals surface area contributed by atoms with Crippen molar-refractivity contribution in [1.82, 2.24) is 14.5 Å². The number of para-hydroxylation sites is 1. The molecular weight excluding hydrogens is 663 g/mol. The molecule has 3 heterocycles. The Morgan fingerprint density at radius 1 is 0.698 bits per heavy atom. The van der Waals surface area contributed by atoms with E-state index in [9.17, 15) is 0 Å². The van der Waals surface area contributed by atoms with Gasteiger partial charge in [0.25, 0.3) is 0 Å². The van der Waals surface area contributed by atoms with E-state index in [0.717, 1.165) is 44.7 Å². The van der Waals surface area contributed by atoms with Gasteiger partial charge in [0, 0.05) is 26.4 Å². The minimum atomic E-state index is 0.434. The predicted octanol–water partition coefficient (Wildman–Crippen LogP) is 13.4. The van der Waals surface area contributed by atoms with Crippen LogP contribution >= 0.6 is 11.3 Å². The Morgan fingerprint density at radius 2 is 1.40 bits per heavy atom. The van der Waals surface area contributed by atoms with Gasteiger partial charge in [0.2, 0.25) is 0 Å². The summed E-state index contributed by atoms with van der Waals surface area (Å²) >= 11 is 1.72. The van der Waals surface area contributed by atoms with Gasteiger partial charge in [-0.15, -0.1) is 11.3 Å². The summed E-state index contributed by atoms with van der Waals surface area (Å²) in [6, 6.07) is 46.3. The Kier molecular flexibility index (Phi) is 6.59. The van der Waals surface area contributed by atoms with Crippen molar-refractivity contribution >= 4 is 81.2 Å². The minimum absolute atomic E-state index is 0.434. The van der Waals surface area contributed by atoms with Crippen LogP contribution in [0.2, 0.25) is 0 Å². The van der Waals surface area contributed by atoms with Crippen molar-refractivity contribution < 1.29 is 0 Å². The monoisotopic (exact) mass is 697 g/mol. The number of rotatable bonds is 3. The average Bonchev–Trinajstić information content (AvgIpc) is 3.73. The fraction of sp³-hybridized carbons (Fsp3) is 0.102. The molecule has 0 spiro atoms. The lowest BCUT2D eigenvalue weighted by Crippen LogP contribution is -2.09. The van der Waals surface area contributed by atoms with Gasteiger partial charge in [-0.25, -0.2) is 9.97 Å². The van der Waals surface area contributed by atoms with E-state index in [1.807, 2.05) is 0 Å². The van der Waals surface area contributed by atoms with Crippen LogP contribution in [0, 0.1) is 19.8 Å². The molecule has 0 saturated carbocycles. The van der Waals surface area contributed by atoms with Crippen LogP contribution in [0.15, 0.2) is 133 Å². The third-order valence-corrected chi connectivity index (χ3v) is 12.5. The largest absolute Gasteiger partial charge is 0.292 e. The summed E-state index contributed by atoms with van der Waals surface area (Å²) in [6.45, 7) is 6.93. The molecule has 1 unspecified atom stereocenters. The zero-order chi connectivity index (χ0) is 35.4. The molecule has 1 atom stereocenters. The van der Waals surface area contributed by atoms with E-state index >= 15 is 0 Å². The SMILES string of the molecule is Cc1cc2ccccc2cc1-c1c2c(c3c4ccccc4n(-c4nc5sc6ccccc6c5nc4-c4ccc5ccccc5c4)c3c1C)CC(C)C=C2. The molecule has 0 aliphatic heterocycles. The highest BCUT2D eigenvalue weighted by Crippen LogP contribution is 2.48. The maximum absolute atomic E-state index is 5.65. The van der Waals surface area contributed by atoms with Crippen LogP contribution in [0.4, 0.5) is 0 Å². The van der Waals surface area contributed by atoms with E-state index in [1.54, 1.807) is 11.3 Å². The highest BCUT2D eigenvalue weighted by Gasteiger charge is 2.29. The van der Waals surface area contributed by atoms with Gasteiger partial charge in [-0.05, 0) is 105 Å². The van der Waals surface area contributed by atoms with Crippen molar-refractivity contribution in [2.75, 3.05) is 0 Å². The van der Waals surface area contributed by atoms with Crippen LogP contribution in [0.1, 0.15) is 29.2 Å². The zero-order valence-corrected chi connectivity index (χ0v) is 30.6. The Labute approximate surface area is 311 Å². The Morgan fingerprint density at radius 3 is 2.23 bits per heavy atom. The van der Waals surface area contributed by atoms with Crippen LogP contribution in [0.5, 0.6) is 0 Å². The topological polar surface area (TPSA) is 30.7 Å². The van der Waals surface area contributed by atoms with Crippen LogP contribution in [0.3, 0.4) is 0 Å². The maximum Gasteiger partial charge on any atom is 0.166 e. The third-order valence-electron chi connectivity index (χ3n) is 11.4. The van der Waals surface area contributed by atoms with Crippen LogP contribution in [-0.4, -0.2) is 14.5 Å². The van der Waals surface area contributed by atoms with Gasteiger partial charge < -0.3 is 0 Å². The molecule has 53 heavy (non-hydrogen) atoms. The molecule has 1 aliphatic carbocycles. The van der Waals surface area contributed by atoms with Crippen LogP contribution in [0.25, 0.3) is 98.1 Å². The fourth-order valence-electron chi connectivity index (χ4n) is 8.94. The first kappa shape index (κ1) is 30.5. The highest BCUT2D eigenvalue weighted by molar-refractivity contribution is 7.25. The van der Waals surface area contributed by atoms with E-state index in [1.165, 1.54) is 75.9 Å². The molecule has 3 nitrogen and oxygen atoms in total. The fourth-order valence-corrected chi connectivity index (χ4v) is 9.96. The first-order valence-corrected chi connectivity index (χ1v) is 19.3. The van der Waals surface area contributed by atoms with E-state index < -0.39 is 0 Å². The van der Waals surface area contributed by atoms with Gasteiger partial charge in [0.05, 0.1) is 11.0 Å². The van der Waals surface area contributed by atoms with Crippen molar-refractivity contribution in [2.24, 2.45) is 5.92 Å². The summed E-state index contributed by atoms with van der Waals surface area (Å²) in [6.07, 6.45) is 5.77. The lowest BCUT2D eigenvalue weighted by molar-refractivity contribution is 0.722. The molecule has 7 aromatic carbocycles. The number of hydrogen-bond acceptors (Lipinski definition) is 3. The van der Waals surface area contributed by atoms with E-state index in [4.69, 9.17) is 9.97 Å². The van der Waals surface area contributed by atoms with E-state index in [2.05, 4.69) is 165 Å². The molecule has 4 heteroatoms. The Balaban J connectivity index is 1.32. The highest BCUT2D eigenvalue weighted by atomic mass is 32.1. The number of nitrogens with zero attached hydrogens (tertiary/aromatic N) is 3. The summed E-state index contributed by atoms with van der Waals surface area (Å²) in [4.78, 5) is 12.2. The van der Waals surface area contributed by atoms with Gasteiger partial charge >= 0.3 is 0 Å². The molecule has 0 saturated heterocycles. The zero-order valence-electron chi connectivity index (χ0n) is 29.8. The lowest BCUT2D eigenvalue weighted by atomic mass is 9.80. The number of fused-ring (bicyclic) bond motifs is 10. The van der Waals surface area contributed by atoms with Gasteiger partial charge in [-0.1, -0.05) is 122 Å². The summed E-state index contributed by atoms with van der Waals surface area (Å²) < 4.78 is 3.65. The molecule has 0 radical (unpaired) electrons. The smallest absolute Gasteiger partial charge is 0.166 e. The number of thiophene rings is 1. The molecule has 252 valence electrons. The predicted molar refractivity (Wildman–Crippen MR) is 227 cm³/mol. The van der Waals surface area contributed by atoms with Crippen molar-refractivity contribution in [2.45, 2.75) is 27.2 Å². The van der Waals surface area contributed by atoms with Crippen molar-refractivity contribution in [3.63, 3.8) is 0 Å². The second-order valence-corrected chi connectivity index (χ2v) is 15.8. The first-order chi connectivity index (χ1) is 26.0. The molecule has 10 aromatic rings. The van der Waals surface area contributed by atoms with Gasteiger partial charge in [0.1, 0.15) is 16.0 Å². The van der Waals surface area contributed by atoms with Crippen LogP contribution in [-0.2, 0) is 6.42 Å². The second kappa shape index (κ2) is 11.4. The second-order valence-electron chi connectivity index (χ2n) is 14.7. The minimum Gasteiger partial charge on any atom is -0.292 e. The normalized spacial score (nSPS) is 14.4. The first-order valence-electron chi connectivity index (χ1n) is 18.5. The molecule has 1 aliphatic rings. The molecule has 0 N–H and O–H groups in total. The number of benzene rings is 7. The standard InChI is InChI=1S/C49H35N3S/c1-28-20-23-36-40(24-28)44-37-16-8-10-18-41(37)52(47(44)30(3)43(36)39-27-34-15-7-6-13-32(34)25-29(39)2)48-45(35-22-21-31-12-4-5-14-33(31)26-35)50-46-38-17-9-11-19-42(38)53-49(46)51-48/h4-23,25-28H,24H2,1-3H3. The third kappa shape index (κ3) is 4.52. The summed E-state index contributed by atoms with van der Waals surface area (Å²) in [5.41, 5.74) is 13.2. The summed E-state index contributed by atoms with van der Waals surface area (Å²) in [7, 11) is 0. The summed E-state index contributed by atoms with van der Waals surface area (Å²) in [5, 5.41) is 8.67. The molecular formula is C49H35N3S. The van der Waals surface area contributed by atoms with E-state index in [-0.39, 0.29) is 0 Å². The quantitative estimate of drug-likeness (QED) is 0.184. The number of allylic oxidation sites excluding steroid dienone is 1. The molecule has 0 bridgehead atoms. The summed E-state index contributed by atoms with van der Waals surface area (Å²) in [5.74, 6) is 1.30. The van der Waals surface area contributed by atoms with Gasteiger partial charge in [-0.2, -0.15) is 0 Å². The molecule has 0 fully saturated rings.